The van der Waals surface area contributed by atoms with E-state index in [1.54, 1.807) is 6.92 Å². The Balaban J connectivity index is 2.24. The fourth-order valence-electron chi connectivity index (χ4n) is 2.38. The molecule has 0 bridgehead atoms. The van der Waals surface area contributed by atoms with E-state index in [0.717, 1.165) is 6.42 Å². The lowest BCUT2D eigenvalue weighted by atomic mass is 9.88. The highest BCUT2D eigenvalue weighted by Crippen LogP contribution is 2.27. The van der Waals surface area contributed by atoms with Gasteiger partial charge in [0.25, 0.3) is 0 Å². The second-order valence-corrected chi connectivity index (χ2v) is 6.89. The average molecular weight is 272 g/mol. The molecule has 1 aromatic heterocycles. The number of aromatic nitrogens is 2. The van der Waals surface area contributed by atoms with Gasteiger partial charge in [0, 0.05) is 13.1 Å². The fraction of sp³-hybridized carbons (Fsp3) is 0.727. The Hall–Kier alpha value is -0.920. The predicted molar refractivity (Wildman–Crippen MR) is 68.4 cm³/mol. The number of H-pyrrole nitrogens is 1. The summed E-state index contributed by atoms with van der Waals surface area (Å²) in [7, 11) is -3.43. The molecule has 0 aromatic carbocycles. The minimum Gasteiger partial charge on any atom is -0.330 e. The smallest absolute Gasteiger partial charge is 0.246 e. The van der Waals surface area contributed by atoms with Crippen molar-refractivity contribution in [3.8, 4) is 0 Å². The minimum absolute atomic E-state index is 0.237. The summed E-state index contributed by atoms with van der Waals surface area (Å²) < 4.78 is 26.5. The van der Waals surface area contributed by atoms with E-state index in [-0.39, 0.29) is 10.8 Å². The summed E-state index contributed by atoms with van der Waals surface area (Å²) >= 11 is 0. The molecule has 2 atom stereocenters. The third-order valence-corrected chi connectivity index (χ3v) is 5.76. The van der Waals surface area contributed by atoms with Gasteiger partial charge in [-0.15, -0.1) is 0 Å². The molecule has 0 radical (unpaired) electrons. The van der Waals surface area contributed by atoms with Crippen LogP contribution in [0.15, 0.2) is 11.1 Å². The van der Waals surface area contributed by atoms with Gasteiger partial charge in [0.15, 0.2) is 0 Å². The summed E-state index contributed by atoms with van der Waals surface area (Å²) in [5.41, 5.74) is 6.29. The molecule has 0 aliphatic carbocycles. The molecule has 1 aliphatic rings. The number of hydrogen-bond acceptors (Lipinski definition) is 4. The Morgan fingerprint density at radius 2 is 2.33 bits per heavy atom. The van der Waals surface area contributed by atoms with Gasteiger partial charge in [0.2, 0.25) is 10.0 Å². The van der Waals surface area contributed by atoms with Crippen molar-refractivity contribution in [2.75, 3.05) is 19.6 Å². The summed E-state index contributed by atoms with van der Waals surface area (Å²) in [4.78, 5) is 0.271. The van der Waals surface area contributed by atoms with Crippen LogP contribution in [0, 0.1) is 18.8 Å². The van der Waals surface area contributed by atoms with E-state index >= 15 is 0 Å². The summed E-state index contributed by atoms with van der Waals surface area (Å²) in [6.45, 7) is 5.43. The van der Waals surface area contributed by atoms with Crippen LogP contribution in [0.3, 0.4) is 0 Å². The van der Waals surface area contributed by atoms with Crippen molar-refractivity contribution in [3.63, 3.8) is 0 Å². The van der Waals surface area contributed by atoms with Crippen molar-refractivity contribution >= 4 is 10.0 Å². The third kappa shape index (κ3) is 2.30. The van der Waals surface area contributed by atoms with Gasteiger partial charge < -0.3 is 5.73 Å². The second-order valence-electron chi connectivity index (χ2n) is 4.98. The number of nitrogens with two attached hydrogens (primary N) is 1. The van der Waals surface area contributed by atoms with E-state index in [1.165, 1.54) is 10.5 Å². The third-order valence-electron chi connectivity index (χ3n) is 3.78. The van der Waals surface area contributed by atoms with Gasteiger partial charge >= 0.3 is 0 Å². The van der Waals surface area contributed by atoms with Crippen LogP contribution in [0.25, 0.3) is 0 Å². The van der Waals surface area contributed by atoms with Crippen LogP contribution in [0.1, 0.15) is 19.0 Å². The normalized spacial score (nSPS) is 26.4. The van der Waals surface area contributed by atoms with Crippen LogP contribution in [0.5, 0.6) is 0 Å². The molecule has 1 aliphatic heterocycles. The van der Waals surface area contributed by atoms with E-state index < -0.39 is 10.0 Å². The van der Waals surface area contributed by atoms with Crippen LogP contribution < -0.4 is 5.73 Å². The minimum atomic E-state index is -3.43. The molecule has 2 heterocycles. The second kappa shape index (κ2) is 4.99. The van der Waals surface area contributed by atoms with Crippen LogP contribution >= 0.6 is 0 Å². The first-order chi connectivity index (χ1) is 8.46. The fourth-order valence-corrected chi connectivity index (χ4v) is 4.01. The first kappa shape index (κ1) is 13.5. The summed E-state index contributed by atoms with van der Waals surface area (Å²) in [6.07, 6.45) is 2.23. The van der Waals surface area contributed by atoms with E-state index in [9.17, 15) is 8.42 Å². The molecule has 0 amide bonds. The van der Waals surface area contributed by atoms with Crippen LogP contribution in [0.2, 0.25) is 0 Å². The maximum absolute atomic E-state index is 12.5. The molecule has 0 spiro atoms. The zero-order valence-corrected chi connectivity index (χ0v) is 11.6. The number of nitrogens with zero attached hydrogens (tertiary/aromatic N) is 2. The molecule has 1 aromatic rings. The lowest BCUT2D eigenvalue weighted by molar-refractivity contribution is 0.203. The van der Waals surface area contributed by atoms with Gasteiger partial charge in [-0.1, -0.05) is 6.92 Å². The number of nitrogens with one attached hydrogen (secondary N) is 1. The Kier molecular flexibility index (Phi) is 3.74. The first-order valence-electron chi connectivity index (χ1n) is 6.17. The molecule has 1 saturated heterocycles. The van der Waals surface area contributed by atoms with E-state index in [0.29, 0.717) is 31.2 Å². The quantitative estimate of drug-likeness (QED) is 0.829. The van der Waals surface area contributed by atoms with Crippen molar-refractivity contribution in [2.45, 2.75) is 25.2 Å². The van der Waals surface area contributed by atoms with Gasteiger partial charge in [-0.05, 0) is 31.7 Å². The molecule has 6 nitrogen and oxygen atoms in total. The van der Waals surface area contributed by atoms with Crippen molar-refractivity contribution in [3.05, 3.63) is 11.9 Å². The molecule has 7 heteroatoms. The van der Waals surface area contributed by atoms with E-state index in [1.807, 2.05) is 0 Å². The number of piperidine rings is 1. The zero-order chi connectivity index (χ0) is 13.3. The van der Waals surface area contributed by atoms with Crippen molar-refractivity contribution < 1.29 is 8.42 Å². The van der Waals surface area contributed by atoms with Crippen molar-refractivity contribution in [2.24, 2.45) is 17.6 Å². The molecule has 102 valence electrons. The molecule has 18 heavy (non-hydrogen) atoms. The lowest BCUT2D eigenvalue weighted by Gasteiger charge is -2.35. The van der Waals surface area contributed by atoms with Crippen LogP contribution in [-0.4, -0.2) is 42.6 Å². The number of aryl methyl sites for hydroxylation is 1. The number of rotatable bonds is 3. The lowest BCUT2D eigenvalue weighted by Crippen LogP contribution is -2.45. The molecule has 2 rings (SSSR count). The number of aromatic amines is 1. The van der Waals surface area contributed by atoms with Crippen LogP contribution in [0.4, 0.5) is 0 Å². The van der Waals surface area contributed by atoms with Gasteiger partial charge in [-0.3, -0.25) is 5.10 Å². The Bertz CT molecular complexity index is 511. The molecule has 2 unspecified atom stereocenters. The SMILES string of the molecule is Cc1[nH]ncc1S(=O)(=O)N1CCC(C)C(CN)C1. The molecule has 3 N–H and O–H groups in total. The highest BCUT2D eigenvalue weighted by atomic mass is 32.2. The monoisotopic (exact) mass is 272 g/mol. The first-order valence-corrected chi connectivity index (χ1v) is 7.61. The topological polar surface area (TPSA) is 92.1 Å². The Labute approximate surface area is 108 Å². The standard InChI is InChI=1S/C11H20N4O2S/c1-8-3-4-15(7-10(8)5-12)18(16,17)11-6-13-14-9(11)2/h6,8,10H,3-5,7,12H2,1-2H3,(H,13,14). The largest absolute Gasteiger partial charge is 0.330 e. The van der Waals surface area contributed by atoms with Crippen LogP contribution in [-0.2, 0) is 10.0 Å². The van der Waals surface area contributed by atoms with Gasteiger partial charge in [0.1, 0.15) is 4.90 Å². The highest BCUT2D eigenvalue weighted by molar-refractivity contribution is 7.89. The Morgan fingerprint density at radius 3 is 2.89 bits per heavy atom. The number of hydrogen-bond donors (Lipinski definition) is 2. The molecule has 1 fully saturated rings. The maximum Gasteiger partial charge on any atom is 0.246 e. The van der Waals surface area contributed by atoms with E-state index in [4.69, 9.17) is 5.73 Å². The highest BCUT2D eigenvalue weighted by Gasteiger charge is 2.34. The van der Waals surface area contributed by atoms with Gasteiger partial charge in [-0.25, -0.2) is 8.42 Å². The van der Waals surface area contributed by atoms with Gasteiger partial charge in [-0.2, -0.15) is 9.40 Å². The van der Waals surface area contributed by atoms with Gasteiger partial charge in [0.05, 0.1) is 11.9 Å². The number of sulfonamides is 1. The maximum atomic E-state index is 12.5. The zero-order valence-electron chi connectivity index (χ0n) is 10.8. The average Bonchev–Trinajstić information content (AvgIpc) is 2.76. The van der Waals surface area contributed by atoms with Crippen molar-refractivity contribution in [1.82, 2.24) is 14.5 Å². The molecular formula is C11H20N4O2S. The summed E-state index contributed by atoms with van der Waals surface area (Å²) in [5, 5.41) is 6.45. The summed E-state index contributed by atoms with van der Waals surface area (Å²) in [5.74, 6) is 0.715. The molecule has 0 saturated carbocycles. The van der Waals surface area contributed by atoms with E-state index in [2.05, 4.69) is 17.1 Å². The Morgan fingerprint density at radius 1 is 1.61 bits per heavy atom. The summed E-state index contributed by atoms with van der Waals surface area (Å²) in [6, 6.07) is 0. The molecular weight excluding hydrogens is 252 g/mol. The predicted octanol–water partition coefficient (Wildman–Crippen LogP) is 0.324. The van der Waals surface area contributed by atoms with Crippen molar-refractivity contribution in [1.29, 1.82) is 0 Å².